The Morgan fingerprint density at radius 1 is 1.29 bits per heavy atom. The summed E-state index contributed by atoms with van der Waals surface area (Å²) in [7, 11) is 0. The fourth-order valence-corrected chi connectivity index (χ4v) is 2.48. The van der Waals surface area contributed by atoms with E-state index in [2.05, 4.69) is 19.9 Å². The van der Waals surface area contributed by atoms with Crippen LogP contribution in [0.3, 0.4) is 0 Å². The van der Waals surface area contributed by atoms with Crippen molar-refractivity contribution in [3.8, 4) is 11.6 Å². The maximum absolute atomic E-state index is 9.63. The van der Waals surface area contributed by atoms with Crippen LogP contribution in [0.2, 0.25) is 0 Å². The smallest absolute Gasteiger partial charge is 0.199 e. The molecule has 122 valence electrons. The van der Waals surface area contributed by atoms with Gasteiger partial charge in [-0.05, 0) is 18.2 Å². The minimum absolute atomic E-state index is 0.178. The Morgan fingerprint density at radius 3 is 2.92 bits per heavy atom. The number of aliphatic hydroxyl groups excluding tert-OH is 2. The molecule has 9 nitrogen and oxygen atoms in total. The van der Waals surface area contributed by atoms with E-state index in [0.717, 1.165) is 0 Å². The fourth-order valence-electron chi connectivity index (χ4n) is 2.48. The van der Waals surface area contributed by atoms with Gasteiger partial charge >= 0.3 is 0 Å². The molecule has 4 rings (SSSR count). The second-order valence-electron chi connectivity index (χ2n) is 5.35. The number of nitrogens with two attached hydrogens (primary N) is 1. The van der Waals surface area contributed by atoms with Gasteiger partial charge in [-0.25, -0.2) is 19.9 Å². The van der Waals surface area contributed by atoms with Crippen molar-refractivity contribution in [2.45, 2.75) is 12.6 Å². The third-order valence-electron chi connectivity index (χ3n) is 3.64. The average Bonchev–Trinajstić information content (AvgIpc) is 3.23. The predicted octanol–water partition coefficient (Wildman–Crippen LogP) is 0.570. The Bertz CT molecular complexity index is 1010. The molecule has 1 atom stereocenters. The lowest BCUT2D eigenvalue weighted by atomic mass is 10.3. The molecule has 0 fully saturated rings. The van der Waals surface area contributed by atoms with Gasteiger partial charge in [0.05, 0.1) is 37.2 Å². The average molecular weight is 326 g/mol. The summed E-state index contributed by atoms with van der Waals surface area (Å²) in [5.74, 6) is 1.12. The molecule has 4 N–H and O–H groups in total. The Labute approximate surface area is 135 Å². The van der Waals surface area contributed by atoms with Crippen LogP contribution in [0.1, 0.15) is 0 Å². The first-order chi connectivity index (χ1) is 11.7. The van der Waals surface area contributed by atoms with Crippen LogP contribution < -0.4 is 5.73 Å². The van der Waals surface area contributed by atoms with Gasteiger partial charge in [-0.3, -0.25) is 0 Å². The monoisotopic (exact) mass is 326 g/mol. The van der Waals surface area contributed by atoms with Gasteiger partial charge in [0.2, 0.25) is 0 Å². The summed E-state index contributed by atoms with van der Waals surface area (Å²) in [6, 6.07) is 5.22. The topological polar surface area (TPSA) is 136 Å². The van der Waals surface area contributed by atoms with Crippen molar-refractivity contribution in [2.24, 2.45) is 0 Å². The van der Waals surface area contributed by atoms with E-state index in [1.54, 1.807) is 29.1 Å². The molecule has 0 radical (unpaired) electrons. The molecule has 0 aliphatic rings. The van der Waals surface area contributed by atoms with Crippen LogP contribution in [0.25, 0.3) is 33.8 Å². The van der Waals surface area contributed by atoms with E-state index in [0.29, 0.717) is 33.8 Å². The molecule has 0 aromatic carbocycles. The molecule has 0 saturated heterocycles. The lowest BCUT2D eigenvalue weighted by Crippen LogP contribution is -2.19. The number of furan rings is 1. The largest absolute Gasteiger partial charge is 0.461 e. The number of imidazole rings is 1. The summed E-state index contributed by atoms with van der Waals surface area (Å²) in [5.41, 5.74) is 7.57. The van der Waals surface area contributed by atoms with Crippen molar-refractivity contribution in [1.82, 2.24) is 24.5 Å². The van der Waals surface area contributed by atoms with Crippen molar-refractivity contribution in [1.29, 1.82) is 0 Å². The van der Waals surface area contributed by atoms with E-state index < -0.39 is 6.10 Å². The van der Waals surface area contributed by atoms with Gasteiger partial charge in [0.25, 0.3) is 0 Å². The lowest BCUT2D eigenvalue weighted by Gasteiger charge is -2.09. The number of nitrogen functional groups attached to an aromatic ring is 1. The van der Waals surface area contributed by atoms with Crippen LogP contribution in [0.5, 0.6) is 0 Å². The van der Waals surface area contributed by atoms with Crippen LogP contribution >= 0.6 is 0 Å². The molecule has 4 aromatic heterocycles. The standard InChI is InChI=1S/C15H14N6O3/c16-12-9-4-10-15(21(7-17-10)5-8(23)6-22)20-13(9)19-14(18-12)11-2-1-3-24-11/h1-4,7-8,22-23H,5-6H2,(H2,16,18,19,20)/t8-/m0/s1. The highest BCUT2D eigenvalue weighted by Crippen LogP contribution is 2.25. The number of rotatable bonds is 4. The van der Waals surface area contributed by atoms with Gasteiger partial charge in [-0.15, -0.1) is 0 Å². The van der Waals surface area contributed by atoms with Crippen LogP contribution in [0.4, 0.5) is 5.82 Å². The first-order valence-corrected chi connectivity index (χ1v) is 7.27. The molecule has 0 spiro atoms. The van der Waals surface area contributed by atoms with Crippen molar-refractivity contribution in [2.75, 3.05) is 12.3 Å². The number of aromatic nitrogens is 5. The fraction of sp³-hybridized carbons (Fsp3) is 0.200. The van der Waals surface area contributed by atoms with Crippen molar-refractivity contribution >= 4 is 28.0 Å². The van der Waals surface area contributed by atoms with E-state index in [1.807, 2.05) is 0 Å². The molecule has 24 heavy (non-hydrogen) atoms. The van der Waals surface area contributed by atoms with Crippen molar-refractivity contribution in [3.05, 3.63) is 30.8 Å². The first kappa shape index (κ1) is 14.5. The molecule has 9 heteroatoms. The number of pyridine rings is 1. The van der Waals surface area contributed by atoms with Crippen molar-refractivity contribution in [3.63, 3.8) is 0 Å². The Kier molecular flexibility index (Phi) is 3.36. The molecule has 0 unspecified atom stereocenters. The molecule has 4 heterocycles. The number of aliphatic hydroxyl groups is 2. The molecule has 0 aliphatic carbocycles. The highest BCUT2D eigenvalue weighted by molar-refractivity contribution is 5.94. The third kappa shape index (κ3) is 2.36. The van der Waals surface area contributed by atoms with E-state index in [4.69, 9.17) is 15.3 Å². The van der Waals surface area contributed by atoms with Crippen LogP contribution in [0.15, 0.2) is 35.2 Å². The van der Waals surface area contributed by atoms with Gasteiger partial charge in [0.1, 0.15) is 11.3 Å². The van der Waals surface area contributed by atoms with E-state index in [-0.39, 0.29) is 19.0 Å². The number of hydrogen-bond acceptors (Lipinski definition) is 8. The molecular formula is C15H14N6O3. The van der Waals surface area contributed by atoms with Crippen LogP contribution in [0, 0.1) is 0 Å². The third-order valence-corrected chi connectivity index (χ3v) is 3.64. The zero-order valence-electron chi connectivity index (χ0n) is 12.5. The summed E-state index contributed by atoms with van der Waals surface area (Å²) in [6.07, 6.45) is 2.18. The van der Waals surface area contributed by atoms with E-state index >= 15 is 0 Å². The first-order valence-electron chi connectivity index (χ1n) is 7.27. The quantitative estimate of drug-likeness (QED) is 0.495. The highest BCUT2D eigenvalue weighted by Gasteiger charge is 2.15. The van der Waals surface area contributed by atoms with E-state index in [1.165, 1.54) is 6.26 Å². The van der Waals surface area contributed by atoms with Gasteiger partial charge in [-0.1, -0.05) is 0 Å². The van der Waals surface area contributed by atoms with E-state index in [9.17, 15) is 5.11 Å². The molecule has 0 amide bonds. The van der Waals surface area contributed by atoms with Gasteiger partial charge in [0, 0.05) is 0 Å². The zero-order chi connectivity index (χ0) is 16.7. The zero-order valence-corrected chi connectivity index (χ0v) is 12.5. The Hall–Kier alpha value is -3.04. The maximum atomic E-state index is 9.63. The van der Waals surface area contributed by atoms with Crippen LogP contribution in [-0.4, -0.2) is 47.4 Å². The number of anilines is 1. The van der Waals surface area contributed by atoms with Gasteiger partial charge in [-0.2, -0.15) is 0 Å². The SMILES string of the molecule is Nc1nc(-c2ccco2)nc2nc3c(cc12)ncn3C[C@H](O)CO. The Balaban J connectivity index is 1.89. The summed E-state index contributed by atoms with van der Waals surface area (Å²) < 4.78 is 6.95. The normalized spacial score (nSPS) is 12.9. The lowest BCUT2D eigenvalue weighted by molar-refractivity contribution is 0.0820. The molecule has 4 aromatic rings. The molecule has 0 aliphatic heterocycles. The second kappa shape index (κ2) is 5.55. The van der Waals surface area contributed by atoms with Gasteiger partial charge < -0.3 is 24.9 Å². The summed E-state index contributed by atoms with van der Waals surface area (Å²) in [5, 5.41) is 19.2. The number of fused-ring (bicyclic) bond motifs is 2. The summed E-state index contributed by atoms with van der Waals surface area (Å²) in [4.78, 5) is 17.4. The highest BCUT2D eigenvalue weighted by atomic mass is 16.3. The predicted molar refractivity (Wildman–Crippen MR) is 85.8 cm³/mol. The Morgan fingerprint density at radius 2 is 2.17 bits per heavy atom. The minimum atomic E-state index is -0.894. The summed E-state index contributed by atoms with van der Waals surface area (Å²) in [6.45, 7) is -0.165. The molecule has 0 saturated carbocycles. The summed E-state index contributed by atoms with van der Waals surface area (Å²) >= 11 is 0. The second-order valence-corrected chi connectivity index (χ2v) is 5.35. The van der Waals surface area contributed by atoms with Crippen LogP contribution in [-0.2, 0) is 6.54 Å². The molecule has 0 bridgehead atoms. The number of hydrogen-bond donors (Lipinski definition) is 3. The number of nitrogens with zero attached hydrogens (tertiary/aromatic N) is 5. The molecular weight excluding hydrogens is 312 g/mol. The minimum Gasteiger partial charge on any atom is -0.461 e. The van der Waals surface area contributed by atoms with Crippen molar-refractivity contribution < 1.29 is 14.6 Å². The van der Waals surface area contributed by atoms with Gasteiger partial charge in [0.15, 0.2) is 22.9 Å². The maximum Gasteiger partial charge on any atom is 0.199 e.